The number of hydrogen-bond donors (Lipinski definition) is 3. The zero-order valence-corrected chi connectivity index (χ0v) is 18.2. The molecular formula is C20H31Cl2N5O. The van der Waals surface area contributed by atoms with Crippen molar-refractivity contribution in [1.82, 2.24) is 20.9 Å². The molecule has 28 heavy (non-hydrogen) atoms. The molecule has 1 amide bonds. The summed E-state index contributed by atoms with van der Waals surface area (Å²) in [6, 6.07) is 6.01. The number of benzene rings is 1. The third-order valence-electron chi connectivity index (χ3n) is 4.81. The highest BCUT2D eigenvalue weighted by Gasteiger charge is 2.21. The minimum absolute atomic E-state index is 0.0714. The van der Waals surface area contributed by atoms with Crippen molar-refractivity contribution in [2.75, 3.05) is 39.8 Å². The molecule has 0 spiro atoms. The second-order valence-corrected chi connectivity index (χ2v) is 7.81. The van der Waals surface area contributed by atoms with Gasteiger partial charge in [-0.3, -0.25) is 14.7 Å². The van der Waals surface area contributed by atoms with Crippen LogP contribution >= 0.6 is 23.2 Å². The Balaban J connectivity index is 1.77. The lowest BCUT2D eigenvalue weighted by molar-refractivity contribution is -0.122. The predicted octanol–water partition coefficient (Wildman–Crippen LogP) is 2.69. The van der Waals surface area contributed by atoms with Gasteiger partial charge < -0.3 is 16.0 Å². The molecule has 1 saturated heterocycles. The Bertz CT molecular complexity index is 660. The van der Waals surface area contributed by atoms with Gasteiger partial charge in [-0.2, -0.15) is 0 Å². The molecule has 2 rings (SSSR count). The fraction of sp³-hybridized carbons (Fsp3) is 0.600. The van der Waals surface area contributed by atoms with Crippen molar-refractivity contribution in [1.29, 1.82) is 0 Å². The van der Waals surface area contributed by atoms with Crippen LogP contribution in [0.15, 0.2) is 23.2 Å². The van der Waals surface area contributed by atoms with Gasteiger partial charge in [-0.1, -0.05) is 29.3 Å². The van der Waals surface area contributed by atoms with E-state index < -0.39 is 0 Å². The molecule has 6 nitrogen and oxygen atoms in total. The van der Waals surface area contributed by atoms with Crippen LogP contribution in [0, 0.1) is 0 Å². The van der Waals surface area contributed by atoms with E-state index in [9.17, 15) is 4.79 Å². The predicted molar refractivity (Wildman–Crippen MR) is 117 cm³/mol. The number of carbonyl (C=O) groups is 1. The van der Waals surface area contributed by atoms with Gasteiger partial charge in [0.2, 0.25) is 5.91 Å². The number of rotatable bonds is 8. The van der Waals surface area contributed by atoms with Crippen LogP contribution in [-0.2, 0) is 11.2 Å². The van der Waals surface area contributed by atoms with Gasteiger partial charge >= 0.3 is 0 Å². The van der Waals surface area contributed by atoms with Crippen LogP contribution < -0.4 is 16.0 Å². The molecule has 1 heterocycles. The molecule has 1 aliphatic rings. The molecule has 1 aromatic carbocycles. The summed E-state index contributed by atoms with van der Waals surface area (Å²) in [6.07, 6.45) is 3.79. The summed E-state index contributed by atoms with van der Waals surface area (Å²) in [5, 5.41) is 10.9. The van der Waals surface area contributed by atoms with E-state index in [0.29, 0.717) is 22.6 Å². The maximum absolute atomic E-state index is 11.5. The van der Waals surface area contributed by atoms with Gasteiger partial charge in [0.05, 0.1) is 6.54 Å². The van der Waals surface area contributed by atoms with Crippen molar-refractivity contribution in [2.24, 2.45) is 4.99 Å². The van der Waals surface area contributed by atoms with E-state index >= 15 is 0 Å². The average Bonchev–Trinajstić information content (AvgIpc) is 2.68. The van der Waals surface area contributed by atoms with Crippen molar-refractivity contribution in [3.8, 4) is 0 Å². The Morgan fingerprint density at radius 3 is 2.68 bits per heavy atom. The maximum atomic E-state index is 11.5. The zero-order valence-electron chi connectivity index (χ0n) is 16.7. The molecule has 8 heteroatoms. The molecule has 0 aliphatic carbocycles. The van der Waals surface area contributed by atoms with Gasteiger partial charge in [-0.15, -0.1) is 0 Å². The number of halogens is 2. The Morgan fingerprint density at radius 1 is 1.29 bits per heavy atom. The van der Waals surface area contributed by atoms with Gasteiger partial charge in [0.15, 0.2) is 5.96 Å². The fourth-order valence-corrected chi connectivity index (χ4v) is 3.72. The Hall–Kier alpha value is -1.50. The molecule has 0 radical (unpaired) electrons. The second kappa shape index (κ2) is 12.1. The Labute approximate surface area is 178 Å². The monoisotopic (exact) mass is 427 g/mol. The number of carbonyl (C=O) groups excluding carboxylic acids is 1. The van der Waals surface area contributed by atoms with Gasteiger partial charge in [0.1, 0.15) is 0 Å². The van der Waals surface area contributed by atoms with E-state index in [2.05, 4.69) is 27.8 Å². The van der Waals surface area contributed by atoms with Crippen LogP contribution in [0.25, 0.3) is 0 Å². The normalized spacial score (nSPS) is 16.1. The van der Waals surface area contributed by atoms with Gasteiger partial charge in [0, 0.05) is 49.3 Å². The summed E-state index contributed by atoms with van der Waals surface area (Å²) >= 11 is 12.2. The molecule has 1 fully saturated rings. The first-order valence-electron chi connectivity index (χ1n) is 9.93. The molecule has 0 saturated carbocycles. The molecule has 3 N–H and O–H groups in total. The first kappa shape index (κ1) is 22.8. The number of aryl methyl sites for hydroxylation is 1. The molecule has 156 valence electrons. The lowest BCUT2D eigenvalue weighted by Crippen LogP contribution is -2.50. The third-order valence-corrected chi connectivity index (χ3v) is 5.39. The van der Waals surface area contributed by atoms with E-state index in [4.69, 9.17) is 28.2 Å². The summed E-state index contributed by atoms with van der Waals surface area (Å²) in [4.78, 5) is 18.4. The number of amides is 1. The number of guanidine groups is 1. The van der Waals surface area contributed by atoms with Crippen molar-refractivity contribution in [2.45, 2.75) is 38.6 Å². The summed E-state index contributed by atoms with van der Waals surface area (Å²) in [6.45, 7) is 5.93. The number of hydrogen-bond acceptors (Lipinski definition) is 3. The number of aliphatic imine (C=N–C) groups is 1. The number of piperidine rings is 1. The minimum atomic E-state index is 0.0714. The lowest BCUT2D eigenvalue weighted by atomic mass is 10.1. The summed E-state index contributed by atoms with van der Waals surface area (Å²) in [5.41, 5.74) is 1.10. The fourth-order valence-electron chi connectivity index (χ4n) is 3.22. The molecule has 0 unspecified atom stereocenters. The molecule has 0 atom stereocenters. The molecule has 0 bridgehead atoms. The van der Waals surface area contributed by atoms with Crippen LogP contribution in [-0.4, -0.2) is 62.6 Å². The SMILES string of the molecule is CCNC(=NCCCc1ccc(Cl)cc1Cl)NC1CCN(CC(=O)NC)CC1. The van der Waals surface area contributed by atoms with Crippen LogP contribution in [0.5, 0.6) is 0 Å². The number of nitrogens with zero attached hydrogens (tertiary/aromatic N) is 2. The number of likely N-dealkylation sites (N-methyl/N-ethyl adjacent to an activating group) is 1. The van der Waals surface area contributed by atoms with E-state index in [-0.39, 0.29) is 5.91 Å². The van der Waals surface area contributed by atoms with Gasteiger partial charge in [-0.05, 0) is 50.3 Å². The zero-order chi connectivity index (χ0) is 20.4. The molecule has 0 aromatic heterocycles. The molecule has 1 aliphatic heterocycles. The first-order chi connectivity index (χ1) is 13.5. The van der Waals surface area contributed by atoms with Gasteiger partial charge in [0.25, 0.3) is 0 Å². The van der Waals surface area contributed by atoms with E-state index in [1.54, 1.807) is 13.1 Å². The van der Waals surface area contributed by atoms with E-state index in [1.165, 1.54) is 0 Å². The topological polar surface area (TPSA) is 68.8 Å². The number of likely N-dealkylation sites (tertiary alicyclic amines) is 1. The van der Waals surface area contributed by atoms with E-state index in [1.807, 2.05) is 12.1 Å². The van der Waals surface area contributed by atoms with Crippen molar-refractivity contribution >= 4 is 35.1 Å². The number of nitrogens with one attached hydrogen (secondary N) is 3. The van der Waals surface area contributed by atoms with Gasteiger partial charge in [-0.25, -0.2) is 0 Å². The minimum Gasteiger partial charge on any atom is -0.358 e. The second-order valence-electron chi connectivity index (χ2n) is 6.97. The van der Waals surface area contributed by atoms with Crippen molar-refractivity contribution < 1.29 is 4.79 Å². The first-order valence-corrected chi connectivity index (χ1v) is 10.7. The standard InChI is InChI=1S/C20H31Cl2N5O/c1-3-24-20(25-10-4-5-15-6-7-16(21)13-18(15)22)26-17-8-11-27(12-9-17)14-19(28)23-2/h6-7,13,17H,3-5,8-12,14H2,1-2H3,(H,23,28)(H2,24,25,26). The third kappa shape index (κ3) is 7.86. The highest BCUT2D eigenvalue weighted by molar-refractivity contribution is 6.35. The van der Waals surface area contributed by atoms with Crippen molar-refractivity contribution in [3.05, 3.63) is 33.8 Å². The summed E-state index contributed by atoms with van der Waals surface area (Å²) in [7, 11) is 1.68. The van der Waals surface area contributed by atoms with Crippen molar-refractivity contribution in [3.63, 3.8) is 0 Å². The maximum Gasteiger partial charge on any atom is 0.233 e. The lowest BCUT2D eigenvalue weighted by Gasteiger charge is -2.32. The largest absolute Gasteiger partial charge is 0.358 e. The molecule has 1 aromatic rings. The average molecular weight is 428 g/mol. The summed E-state index contributed by atoms with van der Waals surface area (Å²) in [5.74, 6) is 0.927. The van der Waals surface area contributed by atoms with Crippen LogP contribution in [0.2, 0.25) is 10.0 Å². The highest BCUT2D eigenvalue weighted by Crippen LogP contribution is 2.22. The Morgan fingerprint density at radius 2 is 2.04 bits per heavy atom. The van der Waals surface area contributed by atoms with E-state index in [0.717, 1.165) is 63.4 Å². The molecular weight excluding hydrogens is 397 g/mol. The smallest absolute Gasteiger partial charge is 0.233 e. The summed E-state index contributed by atoms with van der Waals surface area (Å²) < 4.78 is 0. The quantitative estimate of drug-likeness (QED) is 0.338. The highest BCUT2D eigenvalue weighted by atomic mass is 35.5. The van der Waals surface area contributed by atoms with Crippen LogP contribution in [0.4, 0.5) is 0 Å². The Kier molecular flexibility index (Phi) is 9.88. The van der Waals surface area contributed by atoms with Crippen LogP contribution in [0.1, 0.15) is 31.7 Å². The van der Waals surface area contributed by atoms with Crippen LogP contribution in [0.3, 0.4) is 0 Å².